The van der Waals surface area contributed by atoms with Gasteiger partial charge < -0.3 is 15.0 Å². The van der Waals surface area contributed by atoms with Crippen LogP contribution in [0.15, 0.2) is 66.9 Å². The first-order chi connectivity index (χ1) is 13.7. The molecule has 1 aliphatic heterocycles. The monoisotopic (exact) mass is 373 g/mol. The summed E-state index contributed by atoms with van der Waals surface area (Å²) in [7, 11) is 1.64. The van der Waals surface area contributed by atoms with Gasteiger partial charge in [-0.2, -0.15) is 0 Å². The molecule has 0 radical (unpaired) electrons. The lowest BCUT2D eigenvalue weighted by atomic mass is 10.0. The second-order valence-electron chi connectivity index (χ2n) is 6.81. The Kier molecular flexibility index (Phi) is 5.24. The van der Waals surface area contributed by atoms with E-state index in [0.717, 1.165) is 36.4 Å². The van der Waals surface area contributed by atoms with Gasteiger partial charge in [0.1, 0.15) is 11.4 Å². The summed E-state index contributed by atoms with van der Waals surface area (Å²) < 4.78 is 5.16. The molecule has 0 saturated heterocycles. The summed E-state index contributed by atoms with van der Waals surface area (Å²) in [5.41, 5.74) is 4.99. The molecular formula is C23H23N3O2. The SMILES string of the molecule is COc1ccc(CNC(=O)c2cc(N3CCCc4ccccc43)ccn2)cc1. The van der Waals surface area contributed by atoms with Gasteiger partial charge in [-0.15, -0.1) is 0 Å². The van der Waals surface area contributed by atoms with Crippen molar-refractivity contribution < 1.29 is 9.53 Å². The topological polar surface area (TPSA) is 54.5 Å². The van der Waals surface area contributed by atoms with Crippen molar-refractivity contribution in [2.45, 2.75) is 19.4 Å². The number of pyridine rings is 1. The van der Waals surface area contributed by atoms with E-state index in [-0.39, 0.29) is 5.91 Å². The Hall–Kier alpha value is -3.34. The number of nitrogens with zero attached hydrogens (tertiary/aromatic N) is 2. The molecule has 1 N–H and O–H groups in total. The first kappa shape index (κ1) is 18.0. The number of rotatable bonds is 5. The number of amides is 1. The highest BCUT2D eigenvalue weighted by atomic mass is 16.5. The zero-order valence-corrected chi connectivity index (χ0v) is 15.9. The lowest BCUT2D eigenvalue weighted by Crippen LogP contribution is -2.26. The molecule has 0 bridgehead atoms. The van der Waals surface area contributed by atoms with Crippen LogP contribution in [0.3, 0.4) is 0 Å². The van der Waals surface area contributed by atoms with Crippen LogP contribution in [-0.2, 0) is 13.0 Å². The van der Waals surface area contributed by atoms with E-state index in [4.69, 9.17) is 4.74 Å². The molecule has 1 amide bonds. The van der Waals surface area contributed by atoms with Gasteiger partial charge in [0.25, 0.3) is 5.91 Å². The molecule has 2 heterocycles. The summed E-state index contributed by atoms with van der Waals surface area (Å²) in [6.45, 7) is 1.38. The van der Waals surface area contributed by atoms with Gasteiger partial charge >= 0.3 is 0 Å². The van der Waals surface area contributed by atoms with Crippen LogP contribution in [0.25, 0.3) is 0 Å². The number of nitrogens with one attached hydrogen (secondary N) is 1. The number of methoxy groups -OCH3 is 1. The number of ether oxygens (including phenoxy) is 1. The van der Waals surface area contributed by atoms with E-state index in [1.54, 1.807) is 13.3 Å². The summed E-state index contributed by atoms with van der Waals surface area (Å²) in [6, 6.07) is 19.9. The maximum Gasteiger partial charge on any atom is 0.270 e. The lowest BCUT2D eigenvalue weighted by molar-refractivity contribution is 0.0946. The fraction of sp³-hybridized carbons (Fsp3) is 0.217. The molecule has 0 saturated carbocycles. The molecule has 0 spiro atoms. The molecule has 1 aliphatic rings. The van der Waals surface area contributed by atoms with Crippen molar-refractivity contribution in [3.8, 4) is 5.75 Å². The van der Waals surface area contributed by atoms with Crippen molar-refractivity contribution in [2.24, 2.45) is 0 Å². The summed E-state index contributed by atoms with van der Waals surface area (Å²) in [5.74, 6) is 0.620. The van der Waals surface area contributed by atoms with Gasteiger partial charge in [0.05, 0.1) is 7.11 Å². The fourth-order valence-corrected chi connectivity index (χ4v) is 3.53. The van der Waals surface area contributed by atoms with Crippen molar-refractivity contribution >= 4 is 17.3 Å². The highest BCUT2D eigenvalue weighted by Gasteiger charge is 2.19. The Bertz CT molecular complexity index is 970. The van der Waals surface area contributed by atoms with Crippen molar-refractivity contribution in [1.29, 1.82) is 0 Å². The predicted molar refractivity (Wildman–Crippen MR) is 110 cm³/mol. The molecule has 5 nitrogen and oxygen atoms in total. The molecule has 0 aliphatic carbocycles. The Morgan fingerprint density at radius 3 is 2.79 bits per heavy atom. The van der Waals surface area contributed by atoms with E-state index >= 15 is 0 Å². The van der Waals surface area contributed by atoms with E-state index in [1.165, 1.54) is 11.3 Å². The van der Waals surface area contributed by atoms with E-state index in [1.807, 2.05) is 36.4 Å². The Morgan fingerprint density at radius 2 is 1.96 bits per heavy atom. The molecule has 142 valence electrons. The van der Waals surface area contributed by atoms with Crippen LogP contribution < -0.4 is 15.0 Å². The van der Waals surface area contributed by atoms with Gasteiger partial charge in [0, 0.05) is 30.7 Å². The first-order valence-electron chi connectivity index (χ1n) is 9.47. The molecule has 3 aromatic rings. The minimum atomic E-state index is -0.178. The molecule has 5 heteroatoms. The van der Waals surface area contributed by atoms with Crippen LogP contribution in [0.5, 0.6) is 5.75 Å². The molecule has 0 atom stereocenters. The van der Waals surface area contributed by atoms with Gasteiger partial charge in [0.15, 0.2) is 0 Å². The number of benzene rings is 2. The van der Waals surface area contributed by atoms with E-state index in [0.29, 0.717) is 12.2 Å². The van der Waals surface area contributed by atoms with Crippen LogP contribution in [0.2, 0.25) is 0 Å². The number of hydrogen-bond acceptors (Lipinski definition) is 4. The second kappa shape index (κ2) is 8.13. The molecule has 0 unspecified atom stereocenters. The smallest absolute Gasteiger partial charge is 0.270 e. The highest BCUT2D eigenvalue weighted by Crippen LogP contribution is 2.33. The van der Waals surface area contributed by atoms with Gasteiger partial charge in [-0.1, -0.05) is 30.3 Å². The number of aryl methyl sites for hydroxylation is 1. The third-order valence-corrected chi connectivity index (χ3v) is 5.01. The standard InChI is InChI=1S/C23H23N3O2/c1-28-20-10-8-17(9-11-20)16-25-23(27)21-15-19(12-13-24-21)26-14-4-6-18-5-2-3-7-22(18)26/h2-3,5,7-13,15H,4,6,14,16H2,1H3,(H,25,27). The van der Waals surface area contributed by atoms with Crippen molar-refractivity contribution in [2.75, 3.05) is 18.6 Å². The Morgan fingerprint density at radius 1 is 1.14 bits per heavy atom. The zero-order chi connectivity index (χ0) is 19.3. The summed E-state index contributed by atoms with van der Waals surface area (Å²) in [5, 5.41) is 2.94. The van der Waals surface area contributed by atoms with Crippen LogP contribution in [0.1, 0.15) is 28.0 Å². The second-order valence-corrected chi connectivity index (χ2v) is 6.81. The largest absolute Gasteiger partial charge is 0.497 e. The van der Waals surface area contributed by atoms with Gasteiger partial charge in [-0.05, 0) is 54.3 Å². The van der Waals surface area contributed by atoms with Crippen molar-refractivity contribution in [1.82, 2.24) is 10.3 Å². The molecule has 1 aromatic heterocycles. The Labute approximate surface area is 165 Å². The number of anilines is 2. The molecular weight excluding hydrogens is 350 g/mol. The van der Waals surface area contributed by atoms with Crippen LogP contribution >= 0.6 is 0 Å². The highest BCUT2D eigenvalue weighted by molar-refractivity contribution is 5.93. The Balaban J connectivity index is 1.48. The number of hydrogen-bond donors (Lipinski definition) is 1. The quantitative estimate of drug-likeness (QED) is 0.731. The molecule has 28 heavy (non-hydrogen) atoms. The van der Waals surface area contributed by atoms with Crippen LogP contribution in [0.4, 0.5) is 11.4 Å². The third-order valence-electron chi connectivity index (χ3n) is 5.01. The summed E-state index contributed by atoms with van der Waals surface area (Å²) >= 11 is 0. The zero-order valence-electron chi connectivity index (χ0n) is 15.9. The average molecular weight is 373 g/mol. The normalized spacial score (nSPS) is 13.0. The van der Waals surface area contributed by atoms with E-state index < -0.39 is 0 Å². The summed E-state index contributed by atoms with van der Waals surface area (Å²) in [4.78, 5) is 19.1. The van der Waals surface area contributed by atoms with Crippen LogP contribution in [-0.4, -0.2) is 24.5 Å². The van der Waals surface area contributed by atoms with Gasteiger partial charge in [0.2, 0.25) is 0 Å². The summed E-state index contributed by atoms with van der Waals surface area (Å²) in [6.07, 6.45) is 3.89. The number of para-hydroxylation sites is 1. The fourth-order valence-electron chi connectivity index (χ4n) is 3.53. The predicted octanol–water partition coefficient (Wildman–Crippen LogP) is 4.10. The molecule has 4 rings (SSSR count). The van der Waals surface area contributed by atoms with Gasteiger partial charge in [-0.25, -0.2) is 0 Å². The first-order valence-corrected chi connectivity index (χ1v) is 9.47. The third kappa shape index (κ3) is 3.83. The maximum absolute atomic E-state index is 12.6. The minimum absolute atomic E-state index is 0.178. The molecule has 2 aromatic carbocycles. The number of aromatic nitrogens is 1. The maximum atomic E-state index is 12.6. The number of fused-ring (bicyclic) bond motifs is 1. The van der Waals surface area contributed by atoms with Crippen LogP contribution in [0, 0.1) is 0 Å². The van der Waals surface area contributed by atoms with E-state index in [2.05, 4.69) is 39.5 Å². The minimum Gasteiger partial charge on any atom is -0.497 e. The number of carbonyl (C=O) groups excluding carboxylic acids is 1. The van der Waals surface area contributed by atoms with Crippen molar-refractivity contribution in [3.05, 3.63) is 83.7 Å². The number of carbonyl (C=O) groups is 1. The van der Waals surface area contributed by atoms with Gasteiger partial charge in [-0.3, -0.25) is 9.78 Å². The van der Waals surface area contributed by atoms with E-state index in [9.17, 15) is 4.79 Å². The van der Waals surface area contributed by atoms with Crippen molar-refractivity contribution in [3.63, 3.8) is 0 Å². The molecule has 0 fully saturated rings. The lowest BCUT2D eigenvalue weighted by Gasteiger charge is -2.31. The average Bonchev–Trinajstić information content (AvgIpc) is 2.77.